The Morgan fingerprint density at radius 2 is 1.56 bits per heavy atom. The molecule has 0 aromatic heterocycles. The summed E-state index contributed by atoms with van der Waals surface area (Å²) in [5, 5.41) is 0. The number of hydrogen-bond donors (Lipinski definition) is 0. The van der Waals surface area contributed by atoms with Crippen molar-refractivity contribution in [3.05, 3.63) is 0 Å². The van der Waals surface area contributed by atoms with Gasteiger partial charge >= 0.3 is 0 Å². The molecule has 0 aromatic carbocycles. The van der Waals surface area contributed by atoms with E-state index in [4.69, 9.17) is 0 Å². The normalized spacial score (nSPS) is 30.2. The predicted molar refractivity (Wildman–Crippen MR) is 82.8 cm³/mol. The van der Waals surface area contributed by atoms with Gasteiger partial charge in [-0.05, 0) is 36.0 Å². The van der Waals surface area contributed by atoms with Crippen LogP contribution < -0.4 is 0 Å². The Labute approximate surface area is 116 Å². The van der Waals surface area contributed by atoms with Crippen molar-refractivity contribution in [3.63, 3.8) is 0 Å². The summed E-state index contributed by atoms with van der Waals surface area (Å²) in [6.07, 6.45) is 12.9. The van der Waals surface area contributed by atoms with E-state index in [1.165, 1.54) is 57.8 Å². The van der Waals surface area contributed by atoms with E-state index in [0.29, 0.717) is 5.41 Å². The molecular formula is C18H36. The van der Waals surface area contributed by atoms with Gasteiger partial charge in [0.05, 0.1) is 0 Å². The second kappa shape index (κ2) is 7.56. The summed E-state index contributed by atoms with van der Waals surface area (Å²) in [5.74, 6) is 2.94. The van der Waals surface area contributed by atoms with Gasteiger partial charge in [-0.3, -0.25) is 0 Å². The Kier molecular flexibility index (Phi) is 6.74. The third kappa shape index (κ3) is 3.31. The average molecular weight is 252 g/mol. The van der Waals surface area contributed by atoms with E-state index in [1.807, 2.05) is 0 Å². The van der Waals surface area contributed by atoms with Gasteiger partial charge in [0.25, 0.3) is 0 Å². The molecule has 3 unspecified atom stereocenters. The summed E-state index contributed by atoms with van der Waals surface area (Å²) in [6, 6.07) is 0. The largest absolute Gasteiger partial charge is 0.0654 e. The highest BCUT2D eigenvalue weighted by molar-refractivity contribution is 4.91. The summed E-state index contributed by atoms with van der Waals surface area (Å²) in [4.78, 5) is 0. The average Bonchev–Trinajstić information content (AvgIpc) is 2.58. The molecule has 0 aliphatic heterocycles. The van der Waals surface area contributed by atoms with Gasteiger partial charge in [0, 0.05) is 0 Å². The zero-order valence-corrected chi connectivity index (χ0v) is 13.6. The molecule has 0 spiro atoms. The molecule has 0 heterocycles. The molecule has 0 aromatic rings. The molecule has 0 N–H and O–H groups in total. The monoisotopic (exact) mass is 252 g/mol. The highest BCUT2D eigenvalue weighted by Gasteiger charge is 2.41. The van der Waals surface area contributed by atoms with Crippen LogP contribution in [0.25, 0.3) is 0 Å². The van der Waals surface area contributed by atoms with E-state index in [-0.39, 0.29) is 0 Å². The van der Waals surface area contributed by atoms with Crippen LogP contribution in [0.1, 0.15) is 92.4 Å². The van der Waals surface area contributed by atoms with Crippen molar-refractivity contribution >= 4 is 0 Å². The first-order valence-electron chi connectivity index (χ1n) is 8.65. The van der Waals surface area contributed by atoms with Gasteiger partial charge in [0.2, 0.25) is 0 Å². The molecule has 0 saturated heterocycles. The minimum atomic E-state index is 0.647. The molecule has 0 bridgehead atoms. The van der Waals surface area contributed by atoms with E-state index in [2.05, 4.69) is 34.6 Å². The maximum Gasteiger partial charge on any atom is -0.0272 e. The van der Waals surface area contributed by atoms with Crippen molar-refractivity contribution < 1.29 is 0 Å². The SMILES string of the molecule is CCCC(CC)(CC)C1CCCCC(C)C1CC. The van der Waals surface area contributed by atoms with E-state index >= 15 is 0 Å². The molecule has 0 amide bonds. The second-order valence-electron chi connectivity index (χ2n) is 6.76. The van der Waals surface area contributed by atoms with Crippen LogP contribution in [0.5, 0.6) is 0 Å². The summed E-state index contributed by atoms with van der Waals surface area (Å²) < 4.78 is 0. The predicted octanol–water partition coefficient (Wildman–Crippen LogP) is 6.45. The fraction of sp³-hybridized carbons (Fsp3) is 1.00. The van der Waals surface area contributed by atoms with Crippen LogP contribution >= 0.6 is 0 Å². The molecule has 108 valence electrons. The van der Waals surface area contributed by atoms with Gasteiger partial charge in [0.1, 0.15) is 0 Å². The fourth-order valence-electron chi connectivity index (χ4n) is 4.91. The van der Waals surface area contributed by atoms with Gasteiger partial charge < -0.3 is 0 Å². The molecule has 0 radical (unpaired) electrons. The lowest BCUT2D eigenvalue weighted by molar-refractivity contribution is 0.0476. The van der Waals surface area contributed by atoms with Crippen molar-refractivity contribution in [3.8, 4) is 0 Å². The molecule has 1 aliphatic rings. The summed E-state index contributed by atoms with van der Waals surface area (Å²) >= 11 is 0. The van der Waals surface area contributed by atoms with Gasteiger partial charge in [0.15, 0.2) is 0 Å². The molecule has 0 nitrogen and oxygen atoms in total. The Balaban J connectivity index is 2.97. The lowest BCUT2D eigenvalue weighted by Crippen LogP contribution is -2.36. The van der Waals surface area contributed by atoms with E-state index in [9.17, 15) is 0 Å². The van der Waals surface area contributed by atoms with Crippen LogP contribution in [0.3, 0.4) is 0 Å². The van der Waals surface area contributed by atoms with Crippen LogP contribution in [-0.4, -0.2) is 0 Å². The summed E-state index contributed by atoms with van der Waals surface area (Å²) in [7, 11) is 0. The van der Waals surface area contributed by atoms with E-state index < -0.39 is 0 Å². The second-order valence-corrected chi connectivity index (χ2v) is 6.76. The number of rotatable bonds is 6. The molecule has 0 heteroatoms. The molecule has 3 atom stereocenters. The minimum Gasteiger partial charge on any atom is -0.0654 e. The zero-order valence-electron chi connectivity index (χ0n) is 13.6. The van der Waals surface area contributed by atoms with Crippen molar-refractivity contribution in [1.29, 1.82) is 0 Å². The Hall–Kier alpha value is 0. The summed E-state index contributed by atoms with van der Waals surface area (Å²) in [5.41, 5.74) is 0.647. The zero-order chi connectivity index (χ0) is 13.6. The van der Waals surface area contributed by atoms with Gasteiger partial charge in [-0.15, -0.1) is 0 Å². The highest BCUT2D eigenvalue weighted by Crippen LogP contribution is 2.50. The topological polar surface area (TPSA) is 0 Å². The Morgan fingerprint density at radius 1 is 0.944 bits per heavy atom. The smallest absolute Gasteiger partial charge is 0.0272 e. The van der Waals surface area contributed by atoms with Crippen LogP contribution in [0.4, 0.5) is 0 Å². The van der Waals surface area contributed by atoms with E-state index in [0.717, 1.165) is 17.8 Å². The first-order valence-corrected chi connectivity index (χ1v) is 8.65. The van der Waals surface area contributed by atoms with Gasteiger partial charge in [-0.2, -0.15) is 0 Å². The van der Waals surface area contributed by atoms with E-state index in [1.54, 1.807) is 0 Å². The Bertz CT molecular complexity index is 214. The molecule has 1 rings (SSSR count). The van der Waals surface area contributed by atoms with Crippen LogP contribution in [-0.2, 0) is 0 Å². The Morgan fingerprint density at radius 3 is 2.06 bits per heavy atom. The van der Waals surface area contributed by atoms with Crippen LogP contribution in [0.15, 0.2) is 0 Å². The van der Waals surface area contributed by atoms with Crippen molar-refractivity contribution in [2.24, 2.45) is 23.2 Å². The van der Waals surface area contributed by atoms with Crippen molar-refractivity contribution in [2.75, 3.05) is 0 Å². The third-order valence-corrected chi connectivity index (χ3v) is 6.09. The van der Waals surface area contributed by atoms with Crippen LogP contribution in [0.2, 0.25) is 0 Å². The lowest BCUT2D eigenvalue weighted by atomic mass is 9.60. The molecular weight excluding hydrogens is 216 g/mol. The third-order valence-electron chi connectivity index (χ3n) is 6.09. The summed E-state index contributed by atoms with van der Waals surface area (Å²) in [6.45, 7) is 12.2. The standard InChI is InChI=1S/C18H36/c1-6-14-18(8-3,9-4)17-13-11-10-12-15(5)16(17)7-2/h15-17H,6-14H2,1-5H3. The number of hydrogen-bond acceptors (Lipinski definition) is 0. The molecule has 1 aliphatic carbocycles. The highest BCUT2D eigenvalue weighted by atomic mass is 14.5. The fourth-order valence-corrected chi connectivity index (χ4v) is 4.91. The van der Waals surface area contributed by atoms with Gasteiger partial charge in [-0.1, -0.05) is 79.6 Å². The van der Waals surface area contributed by atoms with Crippen molar-refractivity contribution in [1.82, 2.24) is 0 Å². The molecule has 1 saturated carbocycles. The van der Waals surface area contributed by atoms with Crippen LogP contribution in [0, 0.1) is 23.2 Å². The molecule has 18 heavy (non-hydrogen) atoms. The minimum absolute atomic E-state index is 0.647. The quantitative estimate of drug-likeness (QED) is 0.477. The van der Waals surface area contributed by atoms with Gasteiger partial charge in [-0.25, -0.2) is 0 Å². The van der Waals surface area contributed by atoms with Crippen molar-refractivity contribution in [2.45, 2.75) is 92.4 Å². The lowest BCUT2D eigenvalue weighted by Gasteiger charge is -2.45. The first kappa shape index (κ1) is 16.1. The maximum atomic E-state index is 2.52. The first-order chi connectivity index (χ1) is 8.65. The molecule has 1 fully saturated rings. The maximum absolute atomic E-state index is 2.52.